The average molecular weight is 524 g/mol. The van der Waals surface area contributed by atoms with Crippen LogP contribution in [-0.4, -0.2) is 65.7 Å². The maximum Gasteiger partial charge on any atom is 0.332 e. The lowest BCUT2D eigenvalue weighted by molar-refractivity contribution is -0.171. The van der Waals surface area contributed by atoms with Gasteiger partial charge in [-0.15, -0.1) is 0 Å². The van der Waals surface area contributed by atoms with E-state index in [0.717, 1.165) is 18.2 Å². The molecule has 9 nitrogen and oxygen atoms in total. The van der Waals surface area contributed by atoms with Gasteiger partial charge in [0.25, 0.3) is 0 Å². The Morgan fingerprint density at radius 3 is 2.61 bits per heavy atom. The number of aliphatic hydroxyl groups excluding tert-OH is 2. The number of carboxylic acid groups (broad SMARTS) is 1. The molecule has 1 aliphatic heterocycles. The summed E-state index contributed by atoms with van der Waals surface area (Å²) >= 11 is 3.07. The number of benzene rings is 1. The summed E-state index contributed by atoms with van der Waals surface area (Å²) in [6.45, 7) is 0.798. The molecule has 4 atom stereocenters. The third-order valence-corrected chi connectivity index (χ3v) is 8.02. The van der Waals surface area contributed by atoms with Crippen molar-refractivity contribution in [1.29, 1.82) is 0 Å². The third kappa shape index (κ3) is 4.50. The molecule has 1 aliphatic carbocycles. The van der Waals surface area contributed by atoms with Gasteiger partial charge in [-0.25, -0.2) is 17.6 Å². The van der Waals surface area contributed by atoms with Crippen molar-refractivity contribution in [2.75, 3.05) is 17.9 Å². The topological polar surface area (TPSA) is 142 Å². The van der Waals surface area contributed by atoms with E-state index in [-0.39, 0.29) is 29.4 Å². The van der Waals surface area contributed by atoms with Crippen LogP contribution in [0.4, 0.5) is 10.1 Å². The highest BCUT2D eigenvalue weighted by Crippen LogP contribution is 2.46. The zero-order chi connectivity index (χ0) is 23.0. The van der Waals surface area contributed by atoms with Crippen LogP contribution in [0.25, 0.3) is 0 Å². The molecule has 0 aromatic heterocycles. The van der Waals surface area contributed by atoms with E-state index >= 15 is 0 Å². The molecule has 1 saturated heterocycles. The second-order valence-electron chi connectivity index (χ2n) is 7.48. The number of hydrogen-bond acceptors (Lipinski definition) is 7. The Morgan fingerprint density at radius 1 is 1.39 bits per heavy atom. The Bertz CT molecular complexity index is 997. The van der Waals surface area contributed by atoms with Crippen LogP contribution in [0.5, 0.6) is 0 Å². The van der Waals surface area contributed by atoms with E-state index in [1.807, 2.05) is 0 Å². The molecule has 1 aromatic rings. The number of carboxylic acids is 1. The van der Waals surface area contributed by atoms with Gasteiger partial charge in [-0.1, -0.05) is 6.92 Å². The van der Waals surface area contributed by atoms with Gasteiger partial charge in [-0.2, -0.15) is 0 Å². The second-order valence-corrected chi connectivity index (χ2v) is 10.2. The van der Waals surface area contributed by atoms with E-state index in [4.69, 9.17) is 9.47 Å². The summed E-state index contributed by atoms with van der Waals surface area (Å²) in [6, 6.07) is 3.37. The quantitative estimate of drug-likeness (QED) is 0.423. The molecule has 3 rings (SSSR count). The highest BCUT2D eigenvalue weighted by Gasteiger charge is 2.57. The number of aliphatic hydroxyl groups is 2. The number of carbonyl (C=O) groups is 1. The van der Waals surface area contributed by atoms with Gasteiger partial charge in [-0.3, -0.25) is 4.72 Å². The van der Waals surface area contributed by atoms with Gasteiger partial charge >= 0.3 is 5.97 Å². The van der Waals surface area contributed by atoms with Crippen LogP contribution in [0, 0.1) is 5.82 Å². The fraction of sp³-hybridized carbons (Fsp3) is 0.526. The summed E-state index contributed by atoms with van der Waals surface area (Å²) in [5.41, 5.74) is -1.64. The molecule has 172 valence electrons. The lowest BCUT2D eigenvalue weighted by Gasteiger charge is -2.34. The monoisotopic (exact) mass is 523 g/mol. The maximum atomic E-state index is 13.3. The van der Waals surface area contributed by atoms with E-state index in [9.17, 15) is 32.9 Å². The molecule has 0 bridgehead atoms. The number of halogens is 2. The molecule has 1 spiro atoms. The molecule has 0 amide bonds. The molecule has 4 N–H and O–H groups in total. The van der Waals surface area contributed by atoms with Crippen LogP contribution in [0.1, 0.15) is 26.2 Å². The molecule has 0 saturated carbocycles. The van der Waals surface area contributed by atoms with Crippen molar-refractivity contribution < 1.29 is 42.4 Å². The molecular weight excluding hydrogens is 501 g/mol. The van der Waals surface area contributed by atoms with Gasteiger partial charge in [0, 0.05) is 10.9 Å². The summed E-state index contributed by atoms with van der Waals surface area (Å²) in [6.07, 6.45) is 0.302. The first-order valence-corrected chi connectivity index (χ1v) is 11.9. The first-order chi connectivity index (χ1) is 14.5. The molecule has 1 heterocycles. The van der Waals surface area contributed by atoms with Crippen LogP contribution in [0.2, 0.25) is 0 Å². The standard InChI is InChI=1S/C19H23BrFNO8S/c1-2-18(10-24)16(9-23)29-19(30-18)6-5-15(12(8-19)17(25)26)31(27,28)22-14-4-3-11(21)7-13(14)20/h3-4,7-8,15-16,22-24H,2,5-6,9-10H2,1H3,(H,25,26)/t15?,16-,18-,19?/m0/s1. The fourth-order valence-corrected chi connectivity index (χ4v) is 6.05. The number of hydrogen-bond donors (Lipinski definition) is 4. The Morgan fingerprint density at radius 2 is 2.10 bits per heavy atom. The number of nitrogens with one attached hydrogen (secondary N) is 1. The summed E-state index contributed by atoms with van der Waals surface area (Å²) in [4.78, 5) is 11.9. The Labute approximate surface area is 187 Å². The number of rotatable bonds is 7. The minimum absolute atomic E-state index is 0.0157. The van der Waals surface area contributed by atoms with Gasteiger partial charge in [0.05, 0.1) is 24.5 Å². The number of ether oxygens (including phenoxy) is 2. The van der Waals surface area contributed by atoms with E-state index in [0.29, 0.717) is 0 Å². The second kappa shape index (κ2) is 8.75. The Balaban J connectivity index is 1.95. The minimum Gasteiger partial charge on any atom is -0.478 e. The van der Waals surface area contributed by atoms with Crippen molar-refractivity contribution in [2.24, 2.45) is 0 Å². The van der Waals surface area contributed by atoms with E-state index < -0.39 is 63.3 Å². The van der Waals surface area contributed by atoms with Crippen molar-refractivity contribution in [3.05, 3.63) is 40.1 Å². The van der Waals surface area contributed by atoms with Crippen LogP contribution in [0.15, 0.2) is 34.3 Å². The van der Waals surface area contributed by atoms with E-state index in [1.54, 1.807) is 6.92 Å². The summed E-state index contributed by atoms with van der Waals surface area (Å²) in [7, 11) is -4.23. The zero-order valence-electron chi connectivity index (χ0n) is 16.5. The number of aliphatic carboxylic acids is 1. The van der Waals surface area contributed by atoms with Crippen molar-refractivity contribution >= 4 is 37.6 Å². The summed E-state index contributed by atoms with van der Waals surface area (Å²) in [5.74, 6) is -3.63. The smallest absolute Gasteiger partial charge is 0.332 e. The van der Waals surface area contributed by atoms with E-state index in [2.05, 4.69) is 20.7 Å². The van der Waals surface area contributed by atoms with Crippen LogP contribution >= 0.6 is 15.9 Å². The van der Waals surface area contributed by atoms with Crippen molar-refractivity contribution in [3.8, 4) is 0 Å². The van der Waals surface area contributed by atoms with E-state index in [1.165, 1.54) is 6.07 Å². The van der Waals surface area contributed by atoms with Gasteiger partial charge in [-0.05, 0) is 53.0 Å². The molecule has 12 heteroatoms. The Kier molecular flexibility index (Phi) is 6.80. The number of anilines is 1. The van der Waals surface area contributed by atoms with Crippen LogP contribution in [-0.2, 0) is 24.3 Å². The normalized spacial score (nSPS) is 30.9. The SMILES string of the molecule is CC[C@@]1(CO)OC2(C=C(C(=O)O)C(S(=O)(=O)Nc3ccc(F)cc3Br)CC2)O[C@H]1CO. The molecule has 0 radical (unpaired) electrons. The lowest BCUT2D eigenvalue weighted by Crippen LogP contribution is -2.46. The molecule has 2 aliphatic rings. The van der Waals surface area contributed by atoms with Gasteiger partial charge in [0.2, 0.25) is 10.0 Å². The highest BCUT2D eigenvalue weighted by molar-refractivity contribution is 9.10. The predicted octanol–water partition coefficient (Wildman–Crippen LogP) is 1.75. The van der Waals surface area contributed by atoms with Gasteiger partial charge < -0.3 is 24.8 Å². The predicted molar refractivity (Wildman–Crippen MR) is 111 cm³/mol. The highest BCUT2D eigenvalue weighted by atomic mass is 79.9. The zero-order valence-corrected chi connectivity index (χ0v) is 18.9. The fourth-order valence-electron chi connectivity index (χ4n) is 3.91. The molecule has 31 heavy (non-hydrogen) atoms. The summed E-state index contributed by atoms with van der Waals surface area (Å²) in [5, 5.41) is 27.7. The first kappa shape index (κ1) is 24.1. The maximum absolute atomic E-state index is 13.3. The number of sulfonamides is 1. The minimum atomic E-state index is -4.23. The van der Waals surface area contributed by atoms with Gasteiger partial charge in [0.15, 0.2) is 5.79 Å². The molecule has 1 fully saturated rings. The lowest BCUT2D eigenvalue weighted by atomic mass is 9.93. The third-order valence-electron chi connectivity index (χ3n) is 5.62. The molecule has 2 unspecified atom stereocenters. The van der Waals surface area contributed by atoms with Crippen LogP contribution < -0.4 is 4.72 Å². The van der Waals surface area contributed by atoms with Crippen molar-refractivity contribution in [3.63, 3.8) is 0 Å². The van der Waals surface area contributed by atoms with Crippen LogP contribution in [0.3, 0.4) is 0 Å². The van der Waals surface area contributed by atoms with Gasteiger partial charge in [0.1, 0.15) is 22.8 Å². The molecular formula is C19H23BrFNO8S. The Hall–Kier alpha value is -1.57. The average Bonchev–Trinajstić information content (AvgIpc) is 3.03. The summed E-state index contributed by atoms with van der Waals surface area (Å²) < 4.78 is 53.4. The van der Waals surface area contributed by atoms with Crippen molar-refractivity contribution in [1.82, 2.24) is 0 Å². The molecule has 1 aromatic carbocycles. The first-order valence-electron chi connectivity index (χ1n) is 9.54. The van der Waals surface area contributed by atoms with Crippen molar-refractivity contribution in [2.45, 2.75) is 48.9 Å². The largest absolute Gasteiger partial charge is 0.478 e.